The van der Waals surface area contributed by atoms with E-state index in [2.05, 4.69) is 15.9 Å². The minimum absolute atomic E-state index is 0.142. The lowest BCUT2D eigenvalue weighted by Crippen LogP contribution is -2.29. The van der Waals surface area contributed by atoms with Crippen molar-refractivity contribution in [2.75, 3.05) is 7.05 Å². The van der Waals surface area contributed by atoms with Gasteiger partial charge in [-0.15, -0.1) is 0 Å². The highest BCUT2D eigenvalue weighted by atomic mass is 79.9. The van der Waals surface area contributed by atoms with Gasteiger partial charge in [-0.1, -0.05) is 11.6 Å². The third-order valence-corrected chi connectivity index (χ3v) is 5.16. The highest BCUT2D eigenvalue weighted by Gasteiger charge is 2.31. The molecule has 1 amide bonds. The molecule has 2 N–H and O–H groups in total. The summed E-state index contributed by atoms with van der Waals surface area (Å²) in [5, 5.41) is 5.29. The first kappa shape index (κ1) is 14.8. The second-order valence-electron chi connectivity index (χ2n) is 4.45. The fourth-order valence-corrected chi connectivity index (χ4v) is 3.74. The van der Waals surface area contributed by atoms with Crippen LogP contribution in [-0.2, 0) is 10.0 Å². The number of rotatable bonds is 3. The number of halogens is 2. The Labute approximate surface area is 124 Å². The molecular formula is C11H12BrClN2O3S. The van der Waals surface area contributed by atoms with Crippen molar-refractivity contribution in [3.8, 4) is 0 Å². The van der Waals surface area contributed by atoms with Gasteiger partial charge in [-0.25, -0.2) is 13.6 Å². The average Bonchev–Trinajstić information content (AvgIpc) is 3.09. The number of nitrogens with zero attached hydrogens (tertiary/aromatic N) is 1. The number of hydrogen-bond donors (Lipinski definition) is 1. The van der Waals surface area contributed by atoms with Crippen LogP contribution in [0, 0.1) is 0 Å². The summed E-state index contributed by atoms with van der Waals surface area (Å²) in [4.78, 5) is 13.7. The van der Waals surface area contributed by atoms with E-state index in [-0.39, 0.29) is 31.9 Å². The fraction of sp³-hybridized carbons (Fsp3) is 0.364. The lowest BCUT2D eigenvalue weighted by atomic mass is 10.2. The Hall–Kier alpha value is -0.630. The van der Waals surface area contributed by atoms with Crippen molar-refractivity contribution in [3.63, 3.8) is 0 Å². The van der Waals surface area contributed by atoms with Gasteiger partial charge in [0, 0.05) is 17.6 Å². The van der Waals surface area contributed by atoms with Crippen LogP contribution in [0.5, 0.6) is 0 Å². The molecule has 1 aliphatic carbocycles. The molecule has 0 spiro atoms. The van der Waals surface area contributed by atoms with Gasteiger partial charge in [0.25, 0.3) is 5.91 Å². The third-order valence-electron chi connectivity index (χ3n) is 2.97. The van der Waals surface area contributed by atoms with Crippen molar-refractivity contribution in [1.29, 1.82) is 0 Å². The summed E-state index contributed by atoms with van der Waals surface area (Å²) >= 11 is 9.08. The molecule has 0 aliphatic heterocycles. The molecule has 0 heterocycles. The number of carbonyl (C=O) groups excluding carboxylic acids is 1. The molecule has 5 nitrogen and oxygen atoms in total. The van der Waals surface area contributed by atoms with Crippen LogP contribution in [-0.4, -0.2) is 32.3 Å². The van der Waals surface area contributed by atoms with Gasteiger partial charge in [0.15, 0.2) is 0 Å². The monoisotopic (exact) mass is 366 g/mol. The number of carbonyl (C=O) groups is 1. The van der Waals surface area contributed by atoms with Gasteiger partial charge in [-0.05, 0) is 40.9 Å². The van der Waals surface area contributed by atoms with Crippen molar-refractivity contribution in [2.24, 2.45) is 5.14 Å². The van der Waals surface area contributed by atoms with E-state index in [1.807, 2.05) is 0 Å². The van der Waals surface area contributed by atoms with Gasteiger partial charge in [0.2, 0.25) is 10.0 Å². The first-order valence-corrected chi connectivity index (χ1v) is 8.22. The Balaban J connectivity index is 2.48. The average molecular weight is 368 g/mol. The zero-order chi connectivity index (χ0) is 14.4. The van der Waals surface area contributed by atoms with Crippen molar-refractivity contribution in [2.45, 2.75) is 23.8 Å². The SMILES string of the molecule is CN(C(=O)c1cc(S(N)(=O)=O)c(Br)cc1Cl)C1CC1. The van der Waals surface area contributed by atoms with E-state index in [1.54, 1.807) is 11.9 Å². The molecule has 19 heavy (non-hydrogen) atoms. The van der Waals surface area contributed by atoms with E-state index in [4.69, 9.17) is 16.7 Å². The largest absolute Gasteiger partial charge is 0.339 e. The highest BCUT2D eigenvalue weighted by Crippen LogP contribution is 2.32. The molecule has 0 aromatic heterocycles. The second kappa shape index (κ2) is 5.05. The minimum atomic E-state index is -3.91. The third kappa shape index (κ3) is 3.10. The van der Waals surface area contributed by atoms with E-state index < -0.39 is 10.0 Å². The summed E-state index contributed by atoms with van der Waals surface area (Å²) in [6, 6.07) is 2.79. The van der Waals surface area contributed by atoms with E-state index >= 15 is 0 Å². The highest BCUT2D eigenvalue weighted by molar-refractivity contribution is 9.10. The maximum absolute atomic E-state index is 12.2. The molecule has 1 fully saturated rings. The topological polar surface area (TPSA) is 80.5 Å². The Morgan fingerprint density at radius 2 is 2.05 bits per heavy atom. The van der Waals surface area contributed by atoms with Crippen LogP contribution in [0.3, 0.4) is 0 Å². The minimum Gasteiger partial charge on any atom is -0.339 e. The van der Waals surface area contributed by atoms with Crippen LogP contribution in [0.15, 0.2) is 21.5 Å². The van der Waals surface area contributed by atoms with Crippen LogP contribution < -0.4 is 5.14 Å². The normalized spacial score (nSPS) is 15.4. The predicted octanol–water partition coefficient (Wildman–Crippen LogP) is 1.98. The molecule has 1 saturated carbocycles. The predicted molar refractivity (Wildman–Crippen MR) is 75.6 cm³/mol. The van der Waals surface area contributed by atoms with Crippen molar-refractivity contribution in [1.82, 2.24) is 4.90 Å². The Morgan fingerprint density at radius 3 is 2.53 bits per heavy atom. The number of benzene rings is 1. The van der Waals surface area contributed by atoms with Crippen LogP contribution >= 0.6 is 27.5 Å². The van der Waals surface area contributed by atoms with Gasteiger partial charge in [-0.2, -0.15) is 0 Å². The quantitative estimate of drug-likeness (QED) is 0.887. The number of hydrogen-bond acceptors (Lipinski definition) is 3. The van der Waals surface area contributed by atoms with E-state index in [1.165, 1.54) is 12.1 Å². The van der Waals surface area contributed by atoms with Crippen molar-refractivity contribution < 1.29 is 13.2 Å². The lowest BCUT2D eigenvalue weighted by Gasteiger charge is -2.17. The van der Waals surface area contributed by atoms with E-state index in [0.29, 0.717) is 0 Å². The fourth-order valence-electron chi connectivity index (χ4n) is 1.73. The summed E-state index contributed by atoms with van der Waals surface area (Å²) in [6.07, 6.45) is 1.91. The molecule has 0 unspecified atom stereocenters. The molecule has 2 rings (SSSR count). The van der Waals surface area contributed by atoms with Gasteiger partial charge in [-0.3, -0.25) is 4.79 Å². The van der Waals surface area contributed by atoms with Gasteiger partial charge in [0.1, 0.15) is 0 Å². The van der Waals surface area contributed by atoms with Gasteiger partial charge >= 0.3 is 0 Å². The summed E-state index contributed by atoms with van der Waals surface area (Å²) in [5.41, 5.74) is 0.142. The molecule has 0 saturated heterocycles. The van der Waals surface area contributed by atoms with Crippen molar-refractivity contribution in [3.05, 3.63) is 27.2 Å². The van der Waals surface area contributed by atoms with Crippen molar-refractivity contribution >= 4 is 43.5 Å². The summed E-state index contributed by atoms with van der Waals surface area (Å²) in [5.74, 6) is -0.301. The number of sulfonamides is 1. The van der Waals surface area contributed by atoms with Gasteiger partial charge < -0.3 is 4.90 Å². The van der Waals surface area contributed by atoms with Gasteiger partial charge in [0.05, 0.1) is 15.5 Å². The van der Waals surface area contributed by atoms with Crippen LogP contribution in [0.4, 0.5) is 0 Å². The zero-order valence-corrected chi connectivity index (χ0v) is 13.2. The standard InChI is InChI=1S/C11H12BrClN2O3S/c1-15(6-2-3-6)11(16)7-4-10(19(14,17)18)8(12)5-9(7)13/h4-6H,2-3H2,1H3,(H2,14,17,18). The summed E-state index contributed by atoms with van der Waals surface area (Å²) < 4.78 is 23.1. The Kier molecular flexibility index (Phi) is 3.92. The zero-order valence-electron chi connectivity index (χ0n) is 10.1. The first-order chi connectivity index (χ1) is 8.71. The smallest absolute Gasteiger partial charge is 0.255 e. The molecule has 1 aliphatic rings. The molecule has 1 aromatic carbocycles. The molecule has 8 heteroatoms. The maximum Gasteiger partial charge on any atom is 0.255 e. The molecule has 0 radical (unpaired) electrons. The van der Waals surface area contributed by atoms with Crippen LogP contribution in [0.25, 0.3) is 0 Å². The first-order valence-electron chi connectivity index (χ1n) is 5.51. The van der Waals surface area contributed by atoms with Crippen LogP contribution in [0.1, 0.15) is 23.2 Å². The molecule has 1 aromatic rings. The summed E-state index contributed by atoms with van der Waals surface area (Å²) in [7, 11) is -2.24. The van der Waals surface area contributed by atoms with E-state index in [9.17, 15) is 13.2 Å². The van der Waals surface area contributed by atoms with Crippen LogP contribution in [0.2, 0.25) is 5.02 Å². The number of nitrogens with two attached hydrogens (primary N) is 1. The second-order valence-corrected chi connectivity index (χ2v) is 7.25. The Bertz CT molecular complexity index is 644. The number of amides is 1. The molecule has 0 atom stereocenters. The maximum atomic E-state index is 12.2. The van der Waals surface area contributed by atoms with E-state index in [0.717, 1.165) is 12.8 Å². The number of primary sulfonamides is 1. The Morgan fingerprint density at radius 1 is 1.47 bits per heavy atom. The lowest BCUT2D eigenvalue weighted by molar-refractivity contribution is 0.0785. The molecule has 104 valence electrons. The molecular weight excluding hydrogens is 356 g/mol. The summed E-state index contributed by atoms with van der Waals surface area (Å²) in [6.45, 7) is 0. The molecule has 0 bridgehead atoms.